The number of hydrogen-bond donors (Lipinski definition) is 2. The van der Waals surface area contributed by atoms with Gasteiger partial charge in [0.2, 0.25) is 5.91 Å². The molecule has 2 fully saturated rings. The van der Waals surface area contributed by atoms with Crippen LogP contribution in [0.1, 0.15) is 52.9 Å². The molecule has 5 nitrogen and oxygen atoms in total. The summed E-state index contributed by atoms with van der Waals surface area (Å²) in [7, 11) is 0. The molecule has 0 aromatic heterocycles. The summed E-state index contributed by atoms with van der Waals surface area (Å²) in [6.45, 7) is 8.07. The Balaban J connectivity index is 2.04. The van der Waals surface area contributed by atoms with Gasteiger partial charge < -0.3 is 19.9 Å². The van der Waals surface area contributed by atoms with Gasteiger partial charge in [0.15, 0.2) is 0 Å². The first-order chi connectivity index (χ1) is 10.6. The number of aliphatic hydroxyl groups excluding tert-OH is 1. The molecule has 0 aromatic rings. The number of carbonyl (C=O) groups excluding carboxylic acids is 1. The van der Waals surface area contributed by atoms with Gasteiger partial charge in [-0.25, -0.2) is 0 Å². The number of nitrogens with one attached hydrogen (secondary N) is 1. The van der Waals surface area contributed by atoms with Gasteiger partial charge in [-0.05, 0) is 39.0 Å². The van der Waals surface area contributed by atoms with Crippen LogP contribution in [0.25, 0.3) is 0 Å². The van der Waals surface area contributed by atoms with Crippen molar-refractivity contribution in [2.75, 3.05) is 26.4 Å². The van der Waals surface area contributed by atoms with Crippen molar-refractivity contribution in [2.45, 2.75) is 65.0 Å². The molecule has 5 heteroatoms. The van der Waals surface area contributed by atoms with Gasteiger partial charge in [-0.1, -0.05) is 13.8 Å². The number of carbonyl (C=O) groups is 1. The molecular weight excluding hydrogens is 282 g/mol. The summed E-state index contributed by atoms with van der Waals surface area (Å²) in [5, 5.41) is 13.0. The summed E-state index contributed by atoms with van der Waals surface area (Å²) in [4.78, 5) is 12.8. The van der Waals surface area contributed by atoms with Crippen molar-refractivity contribution in [3.63, 3.8) is 0 Å². The minimum atomic E-state index is -0.665. The van der Waals surface area contributed by atoms with Crippen LogP contribution in [0.4, 0.5) is 0 Å². The van der Waals surface area contributed by atoms with Crippen molar-refractivity contribution < 1.29 is 19.4 Å². The Kier molecular flexibility index (Phi) is 5.86. The maximum absolute atomic E-state index is 12.8. The maximum Gasteiger partial charge on any atom is 0.228 e. The lowest BCUT2D eigenvalue weighted by molar-refractivity contribution is -0.159. The van der Waals surface area contributed by atoms with E-state index < -0.39 is 5.41 Å². The fourth-order valence-electron chi connectivity index (χ4n) is 4.11. The first-order valence-corrected chi connectivity index (χ1v) is 8.69. The third-order valence-electron chi connectivity index (χ3n) is 6.01. The molecule has 2 aliphatic rings. The first-order valence-electron chi connectivity index (χ1n) is 8.69. The van der Waals surface area contributed by atoms with Crippen LogP contribution in [0, 0.1) is 10.8 Å². The minimum Gasteiger partial charge on any atom is -0.395 e. The topological polar surface area (TPSA) is 67.8 Å². The van der Waals surface area contributed by atoms with Gasteiger partial charge in [0.1, 0.15) is 0 Å². The van der Waals surface area contributed by atoms with Gasteiger partial charge in [0.05, 0.1) is 18.1 Å². The Bertz CT molecular complexity index is 375. The second-order valence-electron chi connectivity index (χ2n) is 6.70. The van der Waals surface area contributed by atoms with Crippen LogP contribution in [0.3, 0.4) is 0 Å². The maximum atomic E-state index is 12.8. The van der Waals surface area contributed by atoms with E-state index in [0.29, 0.717) is 32.7 Å². The van der Waals surface area contributed by atoms with Gasteiger partial charge in [0, 0.05) is 31.3 Å². The van der Waals surface area contributed by atoms with E-state index in [0.717, 1.165) is 19.3 Å². The summed E-state index contributed by atoms with van der Waals surface area (Å²) in [6.07, 6.45) is 4.30. The highest BCUT2D eigenvalue weighted by Gasteiger charge is 2.55. The SMILES string of the molecule is CCO[C@H]1C[C@H](NC(=O)C2(CO)CCOCC2)C1(CC)CC. The van der Waals surface area contributed by atoms with Crippen LogP contribution in [0.2, 0.25) is 0 Å². The van der Waals surface area contributed by atoms with Crippen molar-refractivity contribution in [1.82, 2.24) is 5.32 Å². The highest BCUT2D eigenvalue weighted by molar-refractivity contribution is 5.83. The lowest BCUT2D eigenvalue weighted by Crippen LogP contribution is -2.66. The predicted octanol–water partition coefficient (Wildman–Crippen LogP) is 1.88. The van der Waals surface area contributed by atoms with Crippen LogP contribution in [0.15, 0.2) is 0 Å². The van der Waals surface area contributed by atoms with Gasteiger partial charge in [-0.3, -0.25) is 4.79 Å². The van der Waals surface area contributed by atoms with E-state index in [1.54, 1.807) is 0 Å². The van der Waals surface area contributed by atoms with E-state index in [9.17, 15) is 9.90 Å². The standard InChI is InChI=1S/C17H31NO4/c1-4-17(5-2)13(11-14(17)22-6-3)18-15(20)16(12-19)7-9-21-10-8-16/h13-14,19H,4-12H2,1-3H3,(H,18,20)/t13-,14-/m0/s1. The molecule has 1 aliphatic heterocycles. The fourth-order valence-corrected chi connectivity index (χ4v) is 4.11. The quantitative estimate of drug-likeness (QED) is 0.753. The van der Waals surface area contributed by atoms with E-state index in [4.69, 9.17) is 9.47 Å². The molecule has 2 atom stereocenters. The largest absolute Gasteiger partial charge is 0.395 e. The molecule has 0 bridgehead atoms. The van der Waals surface area contributed by atoms with Crippen molar-refractivity contribution in [1.29, 1.82) is 0 Å². The van der Waals surface area contributed by atoms with Crippen molar-refractivity contribution in [3.8, 4) is 0 Å². The third-order valence-corrected chi connectivity index (χ3v) is 6.01. The van der Waals surface area contributed by atoms with Crippen molar-refractivity contribution >= 4 is 5.91 Å². The molecule has 2 N–H and O–H groups in total. The molecule has 1 amide bonds. The smallest absolute Gasteiger partial charge is 0.228 e. The van der Waals surface area contributed by atoms with Gasteiger partial charge in [-0.15, -0.1) is 0 Å². The first kappa shape index (κ1) is 17.7. The Hall–Kier alpha value is -0.650. The minimum absolute atomic E-state index is 0.00970. The zero-order valence-corrected chi connectivity index (χ0v) is 14.2. The van der Waals surface area contributed by atoms with Crippen LogP contribution in [0.5, 0.6) is 0 Å². The second kappa shape index (κ2) is 7.28. The Morgan fingerprint density at radius 3 is 2.41 bits per heavy atom. The number of aliphatic hydroxyl groups is 1. The third kappa shape index (κ3) is 2.91. The fraction of sp³-hybridized carbons (Fsp3) is 0.941. The average Bonchev–Trinajstić information content (AvgIpc) is 2.55. The predicted molar refractivity (Wildman–Crippen MR) is 84.5 cm³/mol. The molecule has 0 radical (unpaired) electrons. The Morgan fingerprint density at radius 2 is 1.91 bits per heavy atom. The van der Waals surface area contributed by atoms with Gasteiger partial charge in [0.25, 0.3) is 0 Å². The van der Waals surface area contributed by atoms with Gasteiger partial charge >= 0.3 is 0 Å². The molecule has 1 saturated heterocycles. The molecule has 128 valence electrons. The molecule has 0 unspecified atom stereocenters. The number of rotatable bonds is 7. The normalized spacial score (nSPS) is 29.6. The summed E-state index contributed by atoms with van der Waals surface area (Å²) < 4.78 is 11.2. The number of amides is 1. The van der Waals surface area contributed by atoms with Crippen LogP contribution in [-0.4, -0.2) is 49.6 Å². The Morgan fingerprint density at radius 1 is 1.27 bits per heavy atom. The Labute approximate surface area is 133 Å². The van der Waals surface area contributed by atoms with Crippen LogP contribution >= 0.6 is 0 Å². The number of hydrogen-bond acceptors (Lipinski definition) is 4. The molecule has 1 heterocycles. The lowest BCUT2D eigenvalue weighted by atomic mass is 9.58. The van der Waals surface area contributed by atoms with Crippen LogP contribution in [-0.2, 0) is 14.3 Å². The van der Waals surface area contributed by atoms with E-state index in [1.165, 1.54) is 0 Å². The highest BCUT2D eigenvalue weighted by Crippen LogP contribution is 2.49. The van der Waals surface area contributed by atoms with Crippen molar-refractivity contribution in [3.05, 3.63) is 0 Å². The summed E-state index contributed by atoms with van der Waals surface area (Å²) >= 11 is 0. The van der Waals surface area contributed by atoms with E-state index >= 15 is 0 Å². The zero-order valence-electron chi connectivity index (χ0n) is 14.2. The summed E-state index contributed by atoms with van der Waals surface area (Å²) in [5.74, 6) is -0.00970. The molecule has 0 aromatic carbocycles. The molecule has 22 heavy (non-hydrogen) atoms. The van der Waals surface area contributed by atoms with E-state index in [-0.39, 0.29) is 30.1 Å². The average molecular weight is 313 g/mol. The molecule has 0 spiro atoms. The summed E-state index contributed by atoms with van der Waals surface area (Å²) in [6, 6.07) is 0.151. The lowest BCUT2D eigenvalue weighted by Gasteiger charge is -2.56. The molecule has 2 rings (SSSR count). The molecule has 1 saturated carbocycles. The zero-order chi connectivity index (χ0) is 16.2. The van der Waals surface area contributed by atoms with E-state index in [1.807, 2.05) is 6.92 Å². The molecular formula is C17H31NO4. The number of ether oxygens (including phenoxy) is 2. The van der Waals surface area contributed by atoms with E-state index in [2.05, 4.69) is 19.2 Å². The van der Waals surface area contributed by atoms with Crippen LogP contribution < -0.4 is 5.32 Å². The summed E-state index contributed by atoms with van der Waals surface area (Å²) in [5.41, 5.74) is -0.629. The monoisotopic (exact) mass is 313 g/mol. The molecule has 1 aliphatic carbocycles. The van der Waals surface area contributed by atoms with Crippen molar-refractivity contribution in [2.24, 2.45) is 10.8 Å². The highest BCUT2D eigenvalue weighted by atomic mass is 16.5. The van der Waals surface area contributed by atoms with Gasteiger partial charge in [-0.2, -0.15) is 0 Å². The second-order valence-corrected chi connectivity index (χ2v) is 6.70.